The third-order valence-corrected chi connectivity index (χ3v) is 4.67. The minimum absolute atomic E-state index is 0.318. The molecule has 1 aromatic heterocycles. The number of aromatic nitrogens is 1. The number of nitrogens with two attached hydrogens (primary N) is 1. The lowest BCUT2D eigenvalue weighted by atomic mass is 10.3. The summed E-state index contributed by atoms with van der Waals surface area (Å²) in [6.45, 7) is 1.92. The highest BCUT2D eigenvalue weighted by atomic mass is 32.2. The van der Waals surface area contributed by atoms with E-state index in [-0.39, 0.29) is 0 Å². The van der Waals surface area contributed by atoms with Gasteiger partial charge in [-0.1, -0.05) is 11.8 Å². The standard InChI is InChI=1S/C13H14N2O2S2/c1-9-7-13(15-8-12(9)14)18-10-3-5-11(6-4-10)19(2,16)17/h3-8H,14H2,1-2H3. The van der Waals surface area contributed by atoms with Crippen LogP contribution in [0.25, 0.3) is 0 Å². The van der Waals surface area contributed by atoms with Crippen LogP contribution in [0.5, 0.6) is 0 Å². The van der Waals surface area contributed by atoms with Crippen LogP contribution in [0.2, 0.25) is 0 Å². The Hall–Kier alpha value is -1.53. The summed E-state index contributed by atoms with van der Waals surface area (Å²) < 4.78 is 22.7. The van der Waals surface area contributed by atoms with Crippen LogP contribution in [0.3, 0.4) is 0 Å². The fourth-order valence-corrected chi connectivity index (χ4v) is 2.96. The maximum atomic E-state index is 11.4. The average Bonchev–Trinajstić information content (AvgIpc) is 2.33. The molecule has 0 radical (unpaired) electrons. The molecule has 0 amide bonds. The molecule has 2 aromatic rings. The number of benzene rings is 1. The Kier molecular flexibility index (Phi) is 3.82. The van der Waals surface area contributed by atoms with Crippen molar-refractivity contribution in [3.63, 3.8) is 0 Å². The first-order chi connectivity index (χ1) is 8.86. The lowest BCUT2D eigenvalue weighted by molar-refractivity contribution is 0.602. The van der Waals surface area contributed by atoms with Crippen molar-refractivity contribution in [3.8, 4) is 0 Å². The van der Waals surface area contributed by atoms with E-state index in [0.717, 1.165) is 15.5 Å². The molecule has 0 fully saturated rings. The maximum absolute atomic E-state index is 11.4. The Balaban J connectivity index is 2.22. The molecule has 6 heteroatoms. The number of nitrogen functional groups attached to an aromatic ring is 1. The largest absolute Gasteiger partial charge is 0.397 e. The third-order valence-electron chi connectivity index (χ3n) is 2.60. The number of sulfone groups is 1. The monoisotopic (exact) mass is 294 g/mol. The molecule has 2 N–H and O–H groups in total. The van der Waals surface area contributed by atoms with Gasteiger partial charge < -0.3 is 5.73 Å². The van der Waals surface area contributed by atoms with E-state index in [1.807, 2.05) is 13.0 Å². The quantitative estimate of drug-likeness (QED) is 0.941. The smallest absolute Gasteiger partial charge is 0.175 e. The molecule has 1 aromatic carbocycles. The van der Waals surface area contributed by atoms with Crippen LogP contribution in [-0.2, 0) is 9.84 Å². The molecule has 19 heavy (non-hydrogen) atoms. The van der Waals surface area contributed by atoms with Crippen molar-refractivity contribution in [2.75, 3.05) is 12.0 Å². The average molecular weight is 294 g/mol. The number of rotatable bonds is 3. The fraction of sp³-hybridized carbons (Fsp3) is 0.154. The van der Waals surface area contributed by atoms with E-state index < -0.39 is 9.84 Å². The van der Waals surface area contributed by atoms with Crippen LogP contribution >= 0.6 is 11.8 Å². The summed E-state index contributed by atoms with van der Waals surface area (Å²) >= 11 is 1.47. The molecule has 0 aliphatic carbocycles. The lowest BCUT2D eigenvalue weighted by Crippen LogP contribution is -1.96. The van der Waals surface area contributed by atoms with Crippen molar-refractivity contribution < 1.29 is 8.42 Å². The van der Waals surface area contributed by atoms with E-state index >= 15 is 0 Å². The summed E-state index contributed by atoms with van der Waals surface area (Å²) in [5.74, 6) is 0. The summed E-state index contributed by atoms with van der Waals surface area (Å²) in [5.41, 5.74) is 7.35. The summed E-state index contributed by atoms with van der Waals surface area (Å²) in [6, 6.07) is 8.65. The molecule has 0 atom stereocenters. The first-order valence-corrected chi connectivity index (χ1v) is 8.27. The van der Waals surface area contributed by atoms with Crippen molar-refractivity contribution in [2.45, 2.75) is 21.7 Å². The Labute approximate surface area is 117 Å². The normalized spacial score (nSPS) is 11.5. The molecule has 0 saturated heterocycles. The molecule has 0 aliphatic rings. The second-order valence-corrected chi connectivity index (χ2v) is 7.33. The number of pyridine rings is 1. The number of hydrogen-bond acceptors (Lipinski definition) is 5. The van der Waals surface area contributed by atoms with Gasteiger partial charge in [-0.25, -0.2) is 13.4 Å². The Bertz CT molecular complexity index is 695. The first kappa shape index (κ1) is 13.9. The fourth-order valence-electron chi connectivity index (χ4n) is 1.47. The van der Waals surface area contributed by atoms with E-state index in [9.17, 15) is 8.42 Å². The second-order valence-electron chi connectivity index (χ2n) is 4.22. The van der Waals surface area contributed by atoms with Crippen LogP contribution in [-0.4, -0.2) is 19.7 Å². The van der Waals surface area contributed by atoms with Crippen LogP contribution < -0.4 is 5.73 Å². The number of hydrogen-bond donors (Lipinski definition) is 1. The molecular formula is C13H14N2O2S2. The SMILES string of the molecule is Cc1cc(Sc2ccc(S(C)(=O)=O)cc2)ncc1N. The zero-order valence-corrected chi connectivity index (χ0v) is 12.3. The van der Waals surface area contributed by atoms with Crippen molar-refractivity contribution in [3.05, 3.63) is 42.1 Å². The van der Waals surface area contributed by atoms with Gasteiger partial charge in [0.15, 0.2) is 9.84 Å². The number of anilines is 1. The van der Waals surface area contributed by atoms with Gasteiger partial charge in [-0.2, -0.15) is 0 Å². The predicted molar refractivity (Wildman–Crippen MR) is 77.1 cm³/mol. The molecule has 4 nitrogen and oxygen atoms in total. The van der Waals surface area contributed by atoms with E-state index in [4.69, 9.17) is 5.73 Å². The lowest BCUT2D eigenvalue weighted by Gasteiger charge is -2.05. The summed E-state index contributed by atoms with van der Waals surface area (Å²) in [5, 5.41) is 0.832. The van der Waals surface area contributed by atoms with Gasteiger partial charge in [0, 0.05) is 11.2 Å². The molecule has 2 rings (SSSR count). The molecular weight excluding hydrogens is 280 g/mol. The van der Waals surface area contributed by atoms with Gasteiger partial charge in [0.1, 0.15) is 5.03 Å². The van der Waals surface area contributed by atoms with Gasteiger partial charge in [-0.15, -0.1) is 0 Å². The molecule has 0 aliphatic heterocycles. The van der Waals surface area contributed by atoms with Crippen molar-refractivity contribution in [1.29, 1.82) is 0 Å². The van der Waals surface area contributed by atoms with Crippen molar-refractivity contribution >= 4 is 27.3 Å². The molecule has 0 spiro atoms. The highest BCUT2D eigenvalue weighted by molar-refractivity contribution is 7.99. The zero-order chi connectivity index (χ0) is 14.0. The number of nitrogens with zero attached hydrogens (tertiary/aromatic N) is 1. The van der Waals surface area contributed by atoms with E-state index in [1.54, 1.807) is 30.5 Å². The highest BCUT2D eigenvalue weighted by Gasteiger charge is 2.07. The van der Waals surface area contributed by atoms with Crippen LogP contribution in [0.1, 0.15) is 5.56 Å². The summed E-state index contributed by atoms with van der Waals surface area (Å²) in [6.07, 6.45) is 2.82. The summed E-state index contributed by atoms with van der Waals surface area (Å²) in [7, 11) is -3.15. The Morgan fingerprint density at radius 1 is 1.21 bits per heavy atom. The third kappa shape index (κ3) is 3.48. The number of aryl methyl sites for hydroxylation is 1. The van der Waals surface area contributed by atoms with Gasteiger partial charge in [-0.3, -0.25) is 0 Å². The maximum Gasteiger partial charge on any atom is 0.175 e. The van der Waals surface area contributed by atoms with Crippen LogP contribution in [0.4, 0.5) is 5.69 Å². The van der Waals surface area contributed by atoms with E-state index in [0.29, 0.717) is 10.6 Å². The van der Waals surface area contributed by atoms with Crippen molar-refractivity contribution in [1.82, 2.24) is 4.98 Å². The van der Waals surface area contributed by atoms with Crippen LogP contribution in [0.15, 0.2) is 51.3 Å². The molecule has 0 bridgehead atoms. The zero-order valence-electron chi connectivity index (χ0n) is 10.6. The predicted octanol–water partition coefficient (Wildman–Crippen LogP) is 2.53. The molecule has 100 valence electrons. The minimum Gasteiger partial charge on any atom is -0.397 e. The van der Waals surface area contributed by atoms with Crippen molar-refractivity contribution in [2.24, 2.45) is 0 Å². The van der Waals surface area contributed by atoms with Gasteiger partial charge in [0.05, 0.1) is 16.8 Å². The first-order valence-electron chi connectivity index (χ1n) is 5.56. The molecule has 0 unspecified atom stereocenters. The minimum atomic E-state index is -3.15. The van der Waals surface area contributed by atoms with Gasteiger partial charge in [0.2, 0.25) is 0 Å². The van der Waals surface area contributed by atoms with E-state index in [1.165, 1.54) is 18.0 Å². The summed E-state index contributed by atoms with van der Waals surface area (Å²) in [4.78, 5) is 5.48. The topological polar surface area (TPSA) is 73.0 Å². The van der Waals surface area contributed by atoms with Crippen LogP contribution in [0, 0.1) is 6.92 Å². The highest BCUT2D eigenvalue weighted by Crippen LogP contribution is 2.28. The van der Waals surface area contributed by atoms with Gasteiger partial charge >= 0.3 is 0 Å². The Morgan fingerprint density at radius 3 is 2.37 bits per heavy atom. The molecule has 1 heterocycles. The van der Waals surface area contributed by atoms with Gasteiger partial charge in [-0.05, 0) is 42.8 Å². The molecule has 0 saturated carbocycles. The van der Waals surface area contributed by atoms with Gasteiger partial charge in [0.25, 0.3) is 0 Å². The van der Waals surface area contributed by atoms with E-state index in [2.05, 4.69) is 4.98 Å². The second kappa shape index (κ2) is 5.22. The Morgan fingerprint density at radius 2 is 1.84 bits per heavy atom.